The number of anilines is 1. The fourth-order valence-electron chi connectivity index (χ4n) is 5.45. The van der Waals surface area contributed by atoms with Gasteiger partial charge in [-0.25, -0.2) is 0 Å². The van der Waals surface area contributed by atoms with Crippen molar-refractivity contribution in [3.05, 3.63) is 41.4 Å². The van der Waals surface area contributed by atoms with Crippen molar-refractivity contribution in [2.75, 3.05) is 18.4 Å². The van der Waals surface area contributed by atoms with Crippen LogP contribution in [-0.2, 0) is 4.79 Å². The van der Waals surface area contributed by atoms with Gasteiger partial charge in [-0.15, -0.1) is 0 Å². The Hall–Kier alpha value is -1.68. The van der Waals surface area contributed by atoms with E-state index in [4.69, 9.17) is 11.6 Å². The fourth-order valence-corrected chi connectivity index (χ4v) is 5.57. The van der Waals surface area contributed by atoms with Crippen LogP contribution in [0.2, 0.25) is 5.02 Å². The molecule has 9 heteroatoms. The number of fused-ring (bicyclic) bond motifs is 6. The molecule has 4 aliphatic rings. The lowest BCUT2D eigenvalue weighted by atomic mass is 9.85. The first-order valence-corrected chi connectivity index (χ1v) is 12.0. The van der Waals surface area contributed by atoms with Crippen molar-refractivity contribution in [3.63, 3.8) is 0 Å². The van der Waals surface area contributed by atoms with Gasteiger partial charge in [0.2, 0.25) is 5.91 Å². The van der Waals surface area contributed by atoms with Crippen LogP contribution in [0.1, 0.15) is 39.0 Å². The summed E-state index contributed by atoms with van der Waals surface area (Å²) in [6.45, 7) is 3.07. The van der Waals surface area contributed by atoms with Crippen molar-refractivity contribution in [2.45, 2.75) is 69.3 Å². The maximum absolute atomic E-state index is 13.4. The second-order valence-corrected chi connectivity index (χ2v) is 9.98. The van der Waals surface area contributed by atoms with E-state index in [1.807, 2.05) is 36.2 Å². The standard InChI is InChI=1S/C23H33ClN6O2/c1-23(32)12-3-2-4-13-29-21(31)17-14-25-22(26-16-10-8-15(24)9-11-16)28-20(17)30(29)19-7-5-6-18(23)27-19/h2,4,8-11,17-20,22,25-28,32H,3,5-7,12-14H2,1H3/b4-2-/t17?,18?,19?,20?,22?,23-/m0/s1. The van der Waals surface area contributed by atoms with Crippen molar-refractivity contribution in [1.29, 1.82) is 0 Å². The Balaban J connectivity index is 1.39. The van der Waals surface area contributed by atoms with Gasteiger partial charge in [0, 0.05) is 23.3 Å². The zero-order valence-electron chi connectivity index (χ0n) is 18.4. The third-order valence-electron chi connectivity index (χ3n) is 7.25. The molecule has 5 unspecified atom stereocenters. The van der Waals surface area contributed by atoms with Crippen LogP contribution in [0.15, 0.2) is 36.4 Å². The molecule has 5 rings (SSSR count). The maximum Gasteiger partial charge on any atom is 0.244 e. The Morgan fingerprint density at radius 1 is 1.19 bits per heavy atom. The largest absolute Gasteiger partial charge is 0.389 e. The summed E-state index contributed by atoms with van der Waals surface area (Å²) in [6.07, 6.45) is 8.25. The monoisotopic (exact) mass is 460 g/mol. The summed E-state index contributed by atoms with van der Waals surface area (Å²) < 4.78 is 0. The highest BCUT2D eigenvalue weighted by Crippen LogP contribution is 2.34. The van der Waals surface area contributed by atoms with Crippen LogP contribution in [-0.4, -0.2) is 64.4 Å². The number of hydrazine groups is 1. The topological polar surface area (TPSA) is 91.9 Å². The number of piperidine rings is 1. The van der Waals surface area contributed by atoms with E-state index in [1.54, 1.807) is 0 Å². The van der Waals surface area contributed by atoms with Crippen LogP contribution in [0, 0.1) is 5.92 Å². The molecule has 0 radical (unpaired) electrons. The van der Waals surface area contributed by atoms with Gasteiger partial charge in [-0.3, -0.25) is 25.8 Å². The van der Waals surface area contributed by atoms with E-state index >= 15 is 0 Å². The predicted octanol–water partition coefficient (Wildman–Crippen LogP) is 1.80. The predicted molar refractivity (Wildman–Crippen MR) is 124 cm³/mol. The van der Waals surface area contributed by atoms with E-state index in [9.17, 15) is 9.90 Å². The van der Waals surface area contributed by atoms with Crippen molar-refractivity contribution >= 4 is 23.2 Å². The number of carbonyl (C=O) groups is 1. The van der Waals surface area contributed by atoms with Crippen molar-refractivity contribution in [1.82, 2.24) is 26.0 Å². The maximum atomic E-state index is 13.4. The minimum absolute atomic E-state index is 0.00698. The average Bonchev–Trinajstić information content (AvgIpc) is 3.05. The molecule has 0 aromatic heterocycles. The third-order valence-corrected chi connectivity index (χ3v) is 7.50. The van der Waals surface area contributed by atoms with Gasteiger partial charge in [0.25, 0.3) is 0 Å². The van der Waals surface area contributed by atoms with Gasteiger partial charge in [0.15, 0.2) is 0 Å². The van der Waals surface area contributed by atoms with Gasteiger partial charge in [0.1, 0.15) is 6.29 Å². The molecular formula is C23H33ClN6O2. The molecule has 4 aliphatic heterocycles. The Morgan fingerprint density at radius 2 is 2.00 bits per heavy atom. The number of halogens is 1. The highest BCUT2D eigenvalue weighted by atomic mass is 35.5. The normalized spacial score (nSPS) is 39.0. The molecule has 0 aliphatic carbocycles. The van der Waals surface area contributed by atoms with E-state index in [0.717, 1.165) is 31.4 Å². The minimum Gasteiger partial charge on any atom is -0.389 e. The number of rotatable bonds is 2. The second-order valence-electron chi connectivity index (χ2n) is 9.54. The number of hydrogen-bond acceptors (Lipinski definition) is 7. The van der Waals surface area contributed by atoms with Crippen molar-refractivity contribution < 1.29 is 9.90 Å². The van der Waals surface area contributed by atoms with Crippen LogP contribution in [0.4, 0.5) is 5.69 Å². The Morgan fingerprint density at radius 3 is 2.81 bits per heavy atom. The first-order valence-electron chi connectivity index (χ1n) is 11.7. The highest BCUT2D eigenvalue weighted by Gasteiger charge is 2.52. The van der Waals surface area contributed by atoms with E-state index in [0.29, 0.717) is 24.5 Å². The fraction of sp³-hybridized carbons (Fsp3) is 0.609. The molecule has 8 nitrogen and oxygen atoms in total. The van der Waals surface area contributed by atoms with Crippen LogP contribution >= 0.6 is 11.6 Å². The molecule has 2 bridgehead atoms. The summed E-state index contributed by atoms with van der Waals surface area (Å²) in [5.74, 6) is -0.0307. The molecule has 3 saturated heterocycles. The summed E-state index contributed by atoms with van der Waals surface area (Å²) >= 11 is 6.02. The molecule has 6 atom stereocenters. The number of nitrogens with zero attached hydrogens (tertiary/aromatic N) is 2. The lowest BCUT2D eigenvalue weighted by Crippen LogP contribution is -2.69. The Bertz CT molecular complexity index is 863. The SMILES string of the molecule is C[C@]1(O)CC/C=C\CN2C(=O)C3CNC(Nc4ccc(Cl)cc4)NC3N2C2CCCC1N2. The summed E-state index contributed by atoms with van der Waals surface area (Å²) in [5, 5.41) is 30.1. The molecule has 3 fully saturated rings. The average molecular weight is 461 g/mol. The quantitative estimate of drug-likeness (QED) is 0.430. The second kappa shape index (κ2) is 8.93. The van der Waals surface area contributed by atoms with Gasteiger partial charge in [0.05, 0.1) is 30.4 Å². The molecule has 0 saturated carbocycles. The molecule has 0 spiro atoms. The summed E-state index contributed by atoms with van der Waals surface area (Å²) in [6, 6.07) is 7.60. The molecule has 1 aromatic carbocycles. The van der Waals surface area contributed by atoms with Crippen LogP contribution in [0.25, 0.3) is 0 Å². The van der Waals surface area contributed by atoms with Crippen molar-refractivity contribution in [2.24, 2.45) is 5.92 Å². The number of amides is 1. The van der Waals surface area contributed by atoms with Gasteiger partial charge in [-0.2, -0.15) is 5.01 Å². The van der Waals surface area contributed by atoms with E-state index < -0.39 is 5.60 Å². The molecule has 32 heavy (non-hydrogen) atoms. The van der Waals surface area contributed by atoms with Crippen molar-refractivity contribution in [3.8, 4) is 0 Å². The lowest BCUT2D eigenvalue weighted by Gasteiger charge is -2.47. The highest BCUT2D eigenvalue weighted by molar-refractivity contribution is 6.30. The summed E-state index contributed by atoms with van der Waals surface area (Å²) in [7, 11) is 0. The molecule has 4 heterocycles. The first-order chi connectivity index (χ1) is 15.4. The number of aliphatic hydroxyl groups is 1. The molecule has 1 aromatic rings. The minimum atomic E-state index is -0.776. The molecular weight excluding hydrogens is 428 g/mol. The van der Waals surface area contributed by atoms with E-state index in [2.05, 4.69) is 38.4 Å². The number of hydrogen-bond donors (Lipinski definition) is 5. The molecule has 174 valence electrons. The first kappa shape index (κ1) is 22.1. The summed E-state index contributed by atoms with van der Waals surface area (Å²) in [4.78, 5) is 13.4. The zero-order chi connectivity index (χ0) is 22.3. The molecule has 1 amide bonds. The Labute approximate surface area is 194 Å². The molecule has 5 N–H and O–H groups in total. The zero-order valence-corrected chi connectivity index (χ0v) is 19.2. The van der Waals surface area contributed by atoms with E-state index in [-0.39, 0.29) is 36.5 Å². The summed E-state index contributed by atoms with van der Waals surface area (Å²) in [5.41, 5.74) is 0.174. The van der Waals surface area contributed by atoms with Gasteiger partial charge < -0.3 is 10.4 Å². The number of carbonyl (C=O) groups excluding carboxylic acids is 1. The van der Waals surface area contributed by atoms with Gasteiger partial charge in [-0.1, -0.05) is 23.8 Å². The number of allylic oxidation sites excluding steroid dienone is 1. The van der Waals surface area contributed by atoms with Gasteiger partial charge >= 0.3 is 0 Å². The lowest BCUT2D eigenvalue weighted by molar-refractivity contribution is -0.146. The number of benzene rings is 1. The smallest absolute Gasteiger partial charge is 0.244 e. The van der Waals surface area contributed by atoms with E-state index in [1.165, 1.54) is 0 Å². The van der Waals surface area contributed by atoms with Crippen LogP contribution in [0.5, 0.6) is 0 Å². The number of nitrogens with one attached hydrogen (secondary N) is 4. The Kier molecular flexibility index (Phi) is 6.17. The van der Waals surface area contributed by atoms with Crippen LogP contribution in [0.3, 0.4) is 0 Å². The third kappa shape index (κ3) is 4.27. The van der Waals surface area contributed by atoms with Crippen LogP contribution < -0.4 is 21.3 Å². The van der Waals surface area contributed by atoms with Gasteiger partial charge in [-0.05, 0) is 63.3 Å².